The molecule has 1 rings (SSSR count). The van der Waals surface area contributed by atoms with Crippen LogP contribution in [0.2, 0.25) is 0 Å². The highest BCUT2D eigenvalue weighted by Gasteiger charge is 1.98. The van der Waals surface area contributed by atoms with Gasteiger partial charge in [-0.2, -0.15) is 0 Å². The highest BCUT2D eigenvalue weighted by Crippen LogP contribution is 2.23. The number of nitrogen functional groups attached to an aromatic ring is 1. The van der Waals surface area contributed by atoms with Crippen LogP contribution < -0.4 is 11.5 Å². The lowest BCUT2D eigenvalue weighted by atomic mass is 10.1. The summed E-state index contributed by atoms with van der Waals surface area (Å²) in [6.07, 6.45) is 0.979. The van der Waals surface area contributed by atoms with Crippen molar-refractivity contribution in [2.24, 2.45) is 10.7 Å². The maximum atomic E-state index is 5.73. The summed E-state index contributed by atoms with van der Waals surface area (Å²) in [6, 6.07) is 5.83. The molecular weight excluding hydrogens is 162 g/mol. The number of nitrogens with two attached hydrogens (primary N) is 2. The second kappa shape index (κ2) is 3.94. The molecule has 70 valence electrons. The van der Waals surface area contributed by atoms with Crippen molar-refractivity contribution >= 4 is 17.2 Å². The molecule has 1 aromatic carbocycles. The number of aryl methyl sites for hydroxylation is 1. The van der Waals surface area contributed by atoms with Gasteiger partial charge in [0.25, 0.3) is 0 Å². The quantitative estimate of drug-likeness (QED) is 0.411. The molecule has 4 N–H and O–H groups in total. The van der Waals surface area contributed by atoms with Gasteiger partial charge >= 0.3 is 0 Å². The average molecular weight is 177 g/mol. The molecule has 3 nitrogen and oxygen atoms in total. The van der Waals surface area contributed by atoms with Gasteiger partial charge in [0, 0.05) is 0 Å². The van der Waals surface area contributed by atoms with E-state index in [0.29, 0.717) is 11.5 Å². The second-order valence-corrected chi connectivity index (χ2v) is 3.00. The fourth-order valence-electron chi connectivity index (χ4n) is 1.10. The lowest BCUT2D eigenvalue weighted by molar-refractivity contribution is 1.14. The fraction of sp³-hybridized carbons (Fsp3) is 0.300. The first kappa shape index (κ1) is 9.58. The molecule has 0 atom stereocenters. The van der Waals surface area contributed by atoms with E-state index in [0.717, 1.165) is 12.1 Å². The summed E-state index contributed by atoms with van der Waals surface area (Å²) < 4.78 is 0. The van der Waals surface area contributed by atoms with E-state index in [4.69, 9.17) is 11.5 Å². The Morgan fingerprint density at radius 1 is 1.46 bits per heavy atom. The van der Waals surface area contributed by atoms with Crippen molar-refractivity contribution in [1.82, 2.24) is 0 Å². The average Bonchev–Trinajstić information content (AvgIpc) is 2.08. The predicted molar refractivity (Wildman–Crippen MR) is 57.2 cm³/mol. The molecule has 0 radical (unpaired) electrons. The lowest BCUT2D eigenvalue weighted by Gasteiger charge is -2.03. The van der Waals surface area contributed by atoms with E-state index in [2.05, 4.69) is 11.9 Å². The normalized spacial score (nSPS) is 11.7. The van der Waals surface area contributed by atoms with Gasteiger partial charge < -0.3 is 11.5 Å². The van der Waals surface area contributed by atoms with Crippen LogP contribution in [0.5, 0.6) is 0 Å². The Kier molecular flexibility index (Phi) is 2.90. The molecule has 0 saturated heterocycles. The summed E-state index contributed by atoms with van der Waals surface area (Å²) in [6.45, 7) is 3.84. The molecule has 13 heavy (non-hydrogen) atoms. The molecule has 0 bridgehead atoms. The molecule has 0 heterocycles. The summed E-state index contributed by atoms with van der Waals surface area (Å²) in [5, 5.41) is 0. The topological polar surface area (TPSA) is 64.4 Å². The minimum atomic E-state index is 0.528. The van der Waals surface area contributed by atoms with E-state index in [-0.39, 0.29) is 0 Å². The standard InChI is InChI=1S/C10H15N3/c1-3-8-4-5-9(12)10(6-8)13-7(2)11/h4-6H,3,12H2,1-2H3,(H2,11,13). The minimum absolute atomic E-state index is 0.528. The number of benzene rings is 1. The third-order valence-electron chi connectivity index (χ3n) is 1.80. The summed E-state index contributed by atoms with van der Waals surface area (Å²) in [7, 11) is 0. The molecule has 0 aliphatic heterocycles. The van der Waals surface area contributed by atoms with Gasteiger partial charge in [0.1, 0.15) is 0 Å². The van der Waals surface area contributed by atoms with E-state index in [1.807, 2.05) is 18.2 Å². The van der Waals surface area contributed by atoms with Crippen LogP contribution in [0.1, 0.15) is 19.4 Å². The molecule has 1 aromatic rings. The Bertz CT molecular complexity index is 325. The highest BCUT2D eigenvalue weighted by atomic mass is 14.9. The second-order valence-electron chi connectivity index (χ2n) is 3.00. The molecule has 0 aliphatic carbocycles. The lowest BCUT2D eigenvalue weighted by Crippen LogP contribution is -2.04. The van der Waals surface area contributed by atoms with E-state index >= 15 is 0 Å². The Hall–Kier alpha value is -1.51. The van der Waals surface area contributed by atoms with Gasteiger partial charge in [0.15, 0.2) is 0 Å². The summed E-state index contributed by atoms with van der Waals surface area (Å²) in [4.78, 5) is 4.14. The van der Waals surface area contributed by atoms with E-state index in [1.165, 1.54) is 5.56 Å². The zero-order valence-electron chi connectivity index (χ0n) is 8.04. The third-order valence-corrected chi connectivity index (χ3v) is 1.80. The number of rotatable bonds is 2. The molecule has 0 spiro atoms. The largest absolute Gasteiger partial charge is 0.397 e. The number of aliphatic imine (C=N–C) groups is 1. The van der Waals surface area contributed by atoms with Gasteiger partial charge in [-0.3, -0.25) is 0 Å². The van der Waals surface area contributed by atoms with E-state index in [9.17, 15) is 0 Å². The van der Waals surface area contributed by atoms with Gasteiger partial charge in [-0.05, 0) is 31.0 Å². The van der Waals surface area contributed by atoms with Crippen molar-refractivity contribution in [2.75, 3.05) is 5.73 Å². The molecular formula is C10H15N3. The van der Waals surface area contributed by atoms with Crippen LogP contribution in [-0.2, 0) is 6.42 Å². The van der Waals surface area contributed by atoms with Crippen molar-refractivity contribution in [3.05, 3.63) is 23.8 Å². The Labute approximate surface area is 78.5 Å². The van der Waals surface area contributed by atoms with Gasteiger partial charge in [-0.25, -0.2) is 4.99 Å². The molecule has 3 heteroatoms. The molecule has 0 amide bonds. The SMILES string of the molecule is CCc1ccc(N)c(N=C(C)N)c1. The third kappa shape index (κ3) is 2.47. The highest BCUT2D eigenvalue weighted by molar-refractivity contribution is 5.83. The Morgan fingerprint density at radius 2 is 2.15 bits per heavy atom. The summed E-state index contributed by atoms with van der Waals surface area (Å²) in [5.74, 6) is 0.528. The van der Waals surface area contributed by atoms with Gasteiger partial charge in [0.2, 0.25) is 0 Å². The number of amidine groups is 1. The van der Waals surface area contributed by atoms with Crippen molar-refractivity contribution < 1.29 is 0 Å². The number of anilines is 1. The first-order valence-corrected chi connectivity index (χ1v) is 4.32. The molecule has 0 fully saturated rings. The Morgan fingerprint density at radius 3 is 2.69 bits per heavy atom. The Balaban J connectivity index is 3.11. The van der Waals surface area contributed by atoms with Crippen molar-refractivity contribution in [3.8, 4) is 0 Å². The first-order chi connectivity index (χ1) is 6.13. The maximum absolute atomic E-state index is 5.73. The van der Waals surface area contributed by atoms with Crippen molar-refractivity contribution in [1.29, 1.82) is 0 Å². The van der Waals surface area contributed by atoms with Crippen molar-refractivity contribution in [3.63, 3.8) is 0 Å². The van der Waals surface area contributed by atoms with Gasteiger partial charge in [-0.1, -0.05) is 13.0 Å². The monoisotopic (exact) mass is 177 g/mol. The number of hydrogen-bond acceptors (Lipinski definition) is 2. The van der Waals surface area contributed by atoms with Crippen LogP contribution in [-0.4, -0.2) is 5.84 Å². The van der Waals surface area contributed by atoms with Crippen LogP contribution >= 0.6 is 0 Å². The van der Waals surface area contributed by atoms with Gasteiger partial charge in [0.05, 0.1) is 17.2 Å². The first-order valence-electron chi connectivity index (χ1n) is 4.32. The predicted octanol–water partition coefficient (Wildman–Crippen LogP) is 1.84. The van der Waals surface area contributed by atoms with Crippen LogP contribution in [0.4, 0.5) is 11.4 Å². The van der Waals surface area contributed by atoms with Crippen molar-refractivity contribution in [2.45, 2.75) is 20.3 Å². The summed E-state index contributed by atoms with van der Waals surface area (Å²) in [5.41, 5.74) is 13.9. The molecule has 0 unspecified atom stereocenters. The smallest absolute Gasteiger partial charge is 0.0965 e. The molecule has 0 saturated carbocycles. The zero-order valence-corrected chi connectivity index (χ0v) is 8.04. The maximum Gasteiger partial charge on any atom is 0.0965 e. The van der Waals surface area contributed by atoms with Crippen LogP contribution in [0.3, 0.4) is 0 Å². The molecule has 0 aromatic heterocycles. The number of nitrogens with zero attached hydrogens (tertiary/aromatic N) is 1. The van der Waals surface area contributed by atoms with E-state index in [1.54, 1.807) is 6.92 Å². The molecule has 0 aliphatic rings. The van der Waals surface area contributed by atoms with E-state index < -0.39 is 0 Å². The summed E-state index contributed by atoms with van der Waals surface area (Å²) >= 11 is 0. The minimum Gasteiger partial charge on any atom is -0.397 e. The van der Waals surface area contributed by atoms with Crippen LogP contribution in [0, 0.1) is 0 Å². The van der Waals surface area contributed by atoms with Gasteiger partial charge in [-0.15, -0.1) is 0 Å². The van der Waals surface area contributed by atoms with Crippen LogP contribution in [0.25, 0.3) is 0 Å². The zero-order chi connectivity index (χ0) is 9.84. The fourth-order valence-corrected chi connectivity index (χ4v) is 1.10. The van der Waals surface area contributed by atoms with Crippen LogP contribution in [0.15, 0.2) is 23.2 Å². The number of hydrogen-bond donors (Lipinski definition) is 2.